The number of hydrogen-bond acceptors (Lipinski definition) is 10. The maximum Gasteiger partial charge on any atom is 0.427 e. The molecule has 0 spiro atoms. The van der Waals surface area contributed by atoms with Gasteiger partial charge in [0.2, 0.25) is 33.3 Å². The molecule has 2 aliphatic heterocycles. The van der Waals surface area contributed by atoms with E-state index < -0.39 is 112 Å². The Bertz CT molecular complexity index is 2220. The van der Waals surface area contributed by atoms with Crippen molar-refractivity contribution in [2.45, 2.75) is 128 Å². The monoisotopic (exact) mass is 839 g/mol. The average Bonchev–Trinajstić information content (AvgIpc) is 4.11. The van der Waals surface area contributed by atoms with Crippen molar-refractivity contribution in [1.29, 1.82) is 0 Å². The second kappa shape index (κ2) is 16.8. The first kappa shape index (κ1) is 35.7. The molecule has 6 rings (SSSR count). The van der Waals surface area contributed by atoms with Crippen LogP contribution in [-0.2, 0) is 33.9 Å². The van der Waals surface area contributed by atoms with Gasteiger partial charge in [-0.1, -0.05) is 32.9 Å². The Hall–Kier alpha value is -4.21. The maximum absolute atomic E-state index is 15.0. The van der Waals surface area contributed by atoms with Crippen LogP contribution >= 0.6 is 0 Å². The normalized spacial score (nSPS) is 31.0. The molecule has 1 aromatic heterocycles. The number of ketones is 1. The van der Waals surface area contributed by atoms with E-state index in [0.717, 1.165) is 11.3 Å². The molecule has 4 aliphatic rings. The zero-order valence-corrected chi connectivity index (χ0v) is 33.5. The van der Waals surface area contributed by atoms with Gasteiger partial charge in [0.25, 0.3) is 0 Å². The predicted octanol–water partition coefficient (Wildman–Crippen LogP) is 6.85. The highest BCUT2D eigenvalue weighted by Gasteiger charge is 2.62. The van der Waals surface area contributed by atoms with Crippen molar-refractivity contribution in [3.05, 3.63) is 42.6 Å². The van der Waals surface area contributed by atoms with Gasteiger partial charge in [-0.05, 0) is 106 Å². The Labute approximate surface area is 346 Å². The Morgan fingerprint density at radius 1 is 1.10 bits per heavy atom. The number of carbonyl (C=O) groups is 4. The molecule has 1 saturated heterocycles. The molecule has 3 fully saturated rings. The van der Waals surface area contributed by atoms with Crippen molar-refractivity contribution in [2.24, 2.45) is 29.1 Å². The van der Waals surface area contributed by atoms with Gasteiger partial charge < -0.3 is 19.1 Å². The Balaban J connectivity index is 1.38. The molecule has 16 heteroatoms. The molecule has 12 nitrogen and oxygen atoms in total. The lowest BCUT2D eigenvalue weighted by Crippen LogP contribution is -2.48. The van der Waals surface area contributed by atoms with Gasteiger partial charge in [0, 0.05) is 32.6 Å². The van der Waals surface area contributed by atoms with Crippen molar-refractivity contribution >= 4 is 44.4 Å². The van der Waals surface area contributed by atoms with Crippen LogP contribution in [-0.4, -0.2) is 84.2 Å². The zero-order valence-electron chi connectivity index (χ0n) is 38.7. The SMILES string of the molecule is [2H]C([2H])([2H])C(OC(=O)C[C@@H]1C(=O)N2C[C@H](Oc3nccc4cc(OCCC)ccc34)C[C@H]2C(=O)C[C@]2(C(=O)NS(=O)(=O)C3CC3)C[C@H]2/C=C\CC[C@H](C)C[C@H]1C)(C([2H])([2H])[2H])C(F)(F)F. The van der Waals surface area contributed by atoms with Crippen molar-refractivity contribution in [3.63, 3.8) is 0 Å². The second-order valence-corrected chi connectivity index (χ2v) is 18.4. The average molecular weight is 840 g/mol. The lowest BCUT2D eigenvalue weighted by Gasteiger charge is -2.33. The summed E-state index contributed by atoms with van der Waals surface area (Å²) in [6, 6.07) is 5.63. The summed E-state index contributed by atoms with van der Waals surface area (Å²) < 4.78 is 134. The number of hydrogen-bond donors (Lipinski definition) is 1. The summed E-state index contributed by atoms with van der Waals surface area (Å²) in [6.07, 6.45) is -0.933. The number of aromatic nitrogens is 1. The van der Waals surface area contributed by atoms with E-state index in [1.807, 2.05) is 19.9 Å². The summed E-state index contributed by atoms with van der Waals surface area (Å²) >= 11 is 0. The summed E-state index contributed by atoms with van der Waals surface area (Å²) in [5.41, 5.74) is -6.41. The van der Waals surface area contributed by atoms with Gasteiger partial charge in [0.15, 0.2) is 5.78 Å². The Morgan fingerprint density at radius 2 is 1.86 bits per heavy atom. The van der Waals surface area contributed by atoms with Gasteiger partial charge in [-0.15, -0.1) is 0 Å². The quantitative estimate of drug-likeness (QED) is 0.188. The fourth-order valence-electron chi connectivity index (χ4n) is 8.13. The van der Waals surface area contributed by atoms with Crippen LogP contribution in [0.5, 0.6) is 11.6 Å². The van der Waals surface area contributed by atoms with Crippen LogP contribution in [0.25, 0.3) is 10.8 Å². The number of nitrogens with zero attached hydrogens (tertiary/aromatic N) is 2. The van der Waals surface area contributed by atoms with Crippen molar-refractivity contribution < 1.29 is 63.2 Å². The minimum Gasteiger partial charge on any atom is -0.494 e. The van der Waals surface area contributed by atoms with Crippen LogP contribution in [0.3, 0.4) is 0 Å². The highest BCUT2D eigenvalue weighted by Crippen LogP contribution is 2.57. The van der Waals surface area contributed by atoms with Crippen LogP contribution in [0.15, 0.2) is 42.6 Å². The van der Waals surface area contributed by atoms with Gasteiger partial charge >= 0.3 is 12.1 Å². The molecule has 0 radical (unpaired) electrons. The highest BCUT2D eigenvalue weighted by atomic mass is 32.2. The van der Waals surface area contributed by atoms with Crippen LogP contribution < -0.4 is 14.2 Å². The minimum atomic E-state index is -6.10. The molecule has 7 atom stereocenters. The molecule has 3 heterocycles. The highest BCUT2D eigenvalue weighted by molar-refractivity contribution is 7.90. The minimum absolute atomic E-state index is 0.140. The number of halogens is 3. The van der Waals surface area contributed by atoms with E-state index in [9.17, 15) is 40.8 Å². The van der Waals surface area contributed by atoms with Crippen LogP contribution in [0, 0.1) is 29.1 Å². The number of pyridine rings is 1. The largest absolute Gasteiger partial charge is 0.494 e. The van der Waals surface area contributed by atoms with Crippen LogP contribution in [0.4, 0.5) is 13.2 Å². The number of rotatable bonds is 11. The van der Waals surface area contributed by atoms with Gasteiger partial charge in [-0.2, -0.15) is 13.2 Å². The van der Waals surface area contributed by atoms with Crippen molar-refractivity contribution in [2.75, 3.05) is 13.2 Å². The summed E-state index contributed by atoms with van der Waals surface area (Å²) in [7, 11) is -4.02. The summed E-state index contributed by atoms with van der Waals surface area (Å²) in [6.45, 7) is -3.28. The first-order chi connectivity index (χ1) is 29.7. The molecule has 1 aromatic carbocycles. The van der Waals surface area contributed by atoms with Crippen molar-refractivity contribution in [3.8, 4) is 11.6 Å². The fourth-order valence-corrected chi connectivity index (χ4v) is 9.51. The standard InChI is InChI=1S/C42H54F3N3O9S/c1-6-17-55-29-11-14-32-27(19-29)15-16-46-37(32)56-30-20-34-35(49)23-41(39(52)47-58(53,54)31-12-13-31)22-28(41)10-8-7-9-25(2)18-26(3)33(38(51)48(34)24-30)21-36(50)57-40(4,5)42(43,44)45/h8,10-11,14-16,19,25-26,28,30-31,33-34H,6-7,9,12-13,17-18,20-24H2,1-5H3,(H,47,52)/b10-8-/t25-,26+,28+,30+,33-,34-,41+/m0/s1/i4D3,5D3. The summed E-state index contributed by atoms with van der Waals surface area (Å²) in [5.74, 6) is -6.63. The molecule has 0 unspecified atom stereocenters. The van der Waals surface area contributed by atoms with Gasteiger partial charge in [0.1, 0.15) is 11.9 Å². The van der Waals surface area contributed by atoms with Crippen molar-refractivity contribution in [1.82, 2.24) is 14.6 Å². The smallest absolute Gasteiger partial charge is 0.427 e. The second-order valence-electron chi connectivity index (χ2n) is 16.4. The van der Waals surface area contributed by atoms with E-state index in [1.165, 1.54) is 6.20 Å². The number of fused-ring (bicyclic) bond motifs is 3. The zero-order chi connectivity index (χ0) is 47.2. The Morgan fingerprint density at radius 3 is 2.55 bits per heavy atom. The molecular formula is C42H54F3N3O9S. The fraction of sp³-hybridized carbons (Fsp3) is 0.643. The third-order valence-corrected chi connectivity index (χ3v) is 13.5. The van der Waals surface area contributed by atoms with E-state index in [-0.39, 0.29) is 37.6 Å². The van der Waals surface area contributed by atoms with Crippen LogP contribution in [0.2, 0.25) is 0 Å². The number of sulfonamides is 1. The number of amides is 2. The first-order valence-electron chi connectivity index (χ1n) is 22.8. The molecular weight excluding hydrogens is 780 g/mol. The maximum atomic E-state index is 15.0. The number of carbonyl (C=O) groups excluding carboxylic acids is 4. The van der Waals surface area contributed by atoms with E-state index in [4.69, 9.17) is 17.7 Å². The van der Waals surface area contributed by atoms with E-state index in [2.05, 4.69) is 14.4 Å². The van der Waals surface area contributed by atoms with Gasteiger partial charge in [0.05, 0.1) is 42.2 Å². The molecule has 2 aromatic rings. The number of nitrogens with one attached hydrogen (secondary N) is 1. The predicted molar refractivity (Wildman–Crippen MR) is 208 cm³/mol. The molecule has 58 heavy (non-hydrogen) atoms. The van der Waals surface area contributed by atoms with E-state index >= 15 is 0 Å². The number of esters is 1. The molecule has 318 valence electrons. The molecule has 1 N–H and O–H groups in total. The lowest BCUT2D eigenvalue weighted by molar-refractivity contribution is -0.257. The third-order valence-electron chi connectivity index (χ3n) is 11.7. The number of benzene rings is 1. The molecule has 2 amide bonds. The first-order valence-corrected chi connectivity index (χ1v) is 21.3. The summed E-state index contributed by atoms with van der Waals surface area (Å²) in [5, 5.41) is 0.532. The number of ether oxygens (including phenoxy) is 3. The van der Waals surface area contributed by atoms with E-state index in [0.29, 0.717) is 48.8 Å². The van der Waals surface area contributed by atoms with Crippen LogP contribution in [0.1, 0.15) is 107 Å². The summed E-state index contributed by atoms with van der Waals surface area (Å²) in [4.78, 5) is 62.8. The topological polar surface area (TPSA) is 158 Å². The molecule has 2 aliphatic carbocycles. The number of alkyl halides is 3. The molecule has 2 saturated carbocycles. The number of allylic oxidation sites excluding steroid dienone is 2. The third kappa shape index (κ3) is 9.63. The molecule has 0 bridgehead atoms. The lowest BCUT2D eigenvalue weighted by atomic mass is 9.82. The van der Waals surface area contributed by atoms with Gasteiger partial charge in [-0.25, -0.2) is 13.4 Å². The number of Topliss-reactive ketones (excluding diaryl/α,β-unsaturated/α-hetero) is 1. The van der Waals surface area contributed by atoms with Gasteiger partial charge in [-0.3, -0.25) is 23.9 Å². The van der Waals surface area contributed by atoms with E-state index in [1.54, 1.807) is 37.3 Å². The Kier molecular flexibility index (Phi) is 10.3.